The van der Waals surface area contributed by atoms with Gasteiger partial charge < -0.3 is 18.4 Å². The molecule has 0 aromatic rings. The first-order chi connectivity index (χ1) is 6.62. The molecule has 0 saturated carbocycles. The van der Waals surface area contributed by atoms with Gasteiger partial charge in [-0.1, -0.05) is 0 Å². The maximum Gasteiger partial charge on any atom is 0.323 e. The average molecular weight is 252 g/mol. The molecule has 0 spiro atoms. The van der Waals surface area contributed by atoms with Crippen molar-refractivity contribution in [2.45, 2.75) is 45.8 Å². The van der Waals surface area contributed by atoms with E-state index in [0.29, 0.717) is 6.61 Å². The van der Waals surface area contributed by atoms with Crippen LogP contribution in [-0.2, 0) is 13.3 Å². The van der Waals surface area contributed by atoms with E-state index in [-0.39, 0.29) is 6.79 Å². The van der Waals surface area contributed by atoms with Crippen molar-refractivity contribution in [3.63, 3.8) is 0 Å². The minimum Gasteiger partial charge on any atom is -0.436 e. The van der Waals surface area contributed by atoms with Crippen LogP contribution in [0.4, 0.5) is 0 Å². The Morgan fingerprint density at radius 1 is 1.13 bits per heavy atom. The van der Waals surface area contributed by atoms with E-state index in [1.165, 1.54) is 0 Å². The van der Waals surface area contributed by atoms with E-state index >= 15 is 0 Å². The molecule has 1 atom stereocenters. The van der Waals surface area contributed by atoms with Gasteiger partial charge in [-0.3, -0.25) is 0 Å². The van der Waals surface area contributed by atoms with Gasteiger partial charge in [-0.2, -0.15) is 0 Å². The molecule has 0 saturated heterocycles. The molecule has 0 aromatic carbocycles. The van der Waals surface area contributed by atoms with Crippen LogP contribution < -0.4 is 0 Å². The molecule has 0 aliphatic heterocycles. The average Bonchev–Trinajstić information content (AvgIpc) is 1.93. The Bertz CT molecular complexity index is 177. The molecule has 1 unspecified atom stereocenters. The zero-order chi connectivity index (χ0) is 12.1. The van der Waals surface area contributed by atoms with Crippen LogP contribution in [0.5, 0.6) is 0 Å². The molecule has 0 amide bonds. The van der Waals surface area contributed by atoms with Crippen LogP contribution in [0.15, 0.2) is 0 Å². The third kappa shape index (κ3) is 10.6. The molecule has 0 heterocycles. The van der Waals surface area contributed by atoms with Crippen LogP contribution in [0.1, 0.15) is 6.92 Å². The quantitative estimate of drug-likeness (QED) is 0.427. The zero-order valence-electron chi connectivity index (χ0n) is 10.7. The van der Waals surface area contributed by atoms with E-state index in [9.17, 15) is 0 Å². The standard InChI is InChI=1S/C9H24O4Si2/c1-9(10)7-11-8-12-15(5,6)13-14(2,3)4/h9-10H,7-8H2,1-6H3. The first-order valence-electron chi connectivity index (χ1n) is 5.22. The van der Waals surface area contributed by atoms with Crippen LogP contribution in [0.25, 0.3) is 0 Å². The summed E-state index contributed by atoms with van der Waals surface area (Å²) in [5.74, 6) is 0. The number of hydrogen-bond donors (Lipinski definition) is 1. The third-order valence-corrected chi connectivity index (χ3v) is 6.63. The molecule has 6 heteroatoms. The maximum atomic E-state index is 8.97. The van der Waals surface area contributed by atoms with E-state index in [4.69, 9.17) is 18.4 Å². The van der Waals surface area contributed by atoms with Gasteiger partial charge in [-0.15, -0.1) is 0 Å². The maximum absolute atomic E-state index is 8.97. The lowest BCUT2D eigenvalue weighted by molar-refractivity contribution is -0.0350. The molecule has 0 aromatic heterocycles. The molecule has 4 nitrogen and oxygen atoms in total. The Kier molecular flexibility index (Phi) is 6.23. The van der Waals surface area contributed by atoms with Crippen LogP contribution >= 0.6 is 0 Å². The van der Waals surface area contributed by atoms with Crippen molar-refractivity contribution in [2.24, 2.45) is 0 Å². The predicted molar refractivity (Wildman–Crippen MR) is 65.5 cm³/mol. The predicted octanol–water partition coefficient (Wildman–Crippen LogP) is 1.91. The van der Waals surface area contributed by atoms with Crippen molar-refractivity contribution in [1.29, 1.82) is 0 Å². The summed E-state index contributed by atoms with van der Waals surface area (Å²) in [6.45, 7) is 12.6. The lowest BCUT2D eigenvalue weighted by Crippen LogP contribution is -2.45. The molecule has 0 fully saturated rings. The highest BCUT2D eigenvalue weighted by atomic mass is 28.4. The fourth-order valence-corrected chi connectivity index (χ4v) is 7.67. The first kappa shape index (κ1) is 15.3. The minimum atomic E-state index is -2.06. The van der Waals surface area contributed by atoms with E-state index in [1.54, 1.807) is 6.92 Å². The van der Waals surface area contributed by atoms with Crippen LogP contribution in [0, 0.1) is 0 Å². The smallest absolute Gasteiger partial charge is 0.323 e. The van der Waals surface area contributed by atoms with Gasteiger partial charge in [0.25, 0.3) is 0 Å². The summed E-state index contributed by atoms with van der Waals surface area (Å²) < 4.78 is 16.7. The monoisotopic (exact) mass is 252 g/mol. The topological polar surface area (TPSA) is 47.9 Å². The summed E-state index contributed by atoms with van der Waals surface area (Å²) in [6.07, 6.45) is -0.448. The Labute approximate surface area is 94.9 Å². The largest absolute Gasteiger partial charge is 0.436 e. The second kappa shape index (κ2) is 6.12. The summed E-state index contributed by atoms with van der Waals surface area (Å²) in [5, 5.41) is 8.97. The zero-order valence-corrected chi connectivity index (χ0v) is 12.7. The van der Waals surface area contributed by atoms with Gasteiger partial charge in [-0.05, 0) is 39.7 Å². The molecule has 1 N–H and O–H groups in total. The van der Waals surface area contributed by atoms with Crippen molar-refractivity contribution in [3.05, 3.63) is 0 Å². The van der Waals surface area contributed by atoms with Crippen LogP contribution in [0.3, 0.4) is 0 Å². The molecular weight excluding hydrogens is 228 g/mol. The normalized spacial score (nSPS) is 15.4. The first-order valence-corrected chi connectivity index (χ1v) is 11.4. The number of aliphatic hydroxyl groups excluding tert-OH is 1. The second-order valence-corrected chi connectivity index (χ2v) is 13.2. The van der Waals surface area contributed by atoms with E-state index < -0.39 is 23.0 Å². The molecule has 92 valence electrons. The van der Waals surface area contributed by atoms with Crippen LogP contribution in [-0.4, -0.2) is 41.5 Å². The lowest BCUT2D eigenvalue weighted by Gasteiger charge is -2.30. The van der Waals surface area contributed by atoms with Gasteiger partial charge in [0.05, 0.1) is 12.7 Å². The SMILES string of the molecule is CC(O)COCO[Si](C)(C)O[Si](C)(C)C. The Morgan fingerprint density at radius 3 is 2.07 bits per heavy atom. The molecule has 0 aliphatic carbocycles. The molecule has 0 radical (unpaired) electrons. The molecule has 15 heavy (non-hydrogen) atoms. The Hall–Kier alpha value is 0.274. The van der Waals surface area contributed by atoms with Gasteiger partial charge in [0.2, 0.25) is 0 Å². The van der Waals surface area contributed by atoms with Crippen molar-refractivity contribution >= 4 is 16.9 Å². The van der Waals surface area contributed by atoms with E-state index in [0.717, 1.165) is 0 Å². The lowest BCUT2D eigenvalue weighted by atomic mass is 10.5. The summed E-state index contributed by atoms with van der Waals surface area (Å²) in [4.78, 5) is 0. The Balaban J connectivity index is 3.74. The highest BCUT2D eigenvalue weighted by Crippen LogP contribution is 2.14. The number of ether oxygens (including phenoxy) is 1. The van der Waals surface area contributed by atoms with Crippen molar-refractivity contribution < 1.29 is 18.4 Å². The number of hydrogen-bond acceptors (Lipinski definition) is 4. The van der Waals surface area contributed by atoms with Crippen LogP contribution in [0.2, 0.25) is 32.7 Å². The second-order valence-electron chi connectivity index (χ2n) is 5.10. The molecule has 0 aliphatic rings. The van der Waals surface area contributed by atoms with Crippen molar-refractivity contribution in [1.82, 2.24) is 0 Å². The minimum absolute atomic E-state index is 0.203. The molecule has 0 rings (SSSR count). The van der Waals surface area contributed by atoms with Gasteiger partial charge >= 0.3 is 8.56 Å². The summed E-state index contributed by atoms with van der Waals surface area (Å²) in [7, 11) is -3.60. The molecule has 0 bridgehead atoms. The molecular formula is C9H24O4Si2. The van der Waals surface area contributed by atoms with Gasteiger partial charge in [0.15, 0.2) is 8.32 Å². The number of rotatable bonds is 7. The van der Waals surface area contributed by atoms with E-state index in [2.05, 4.69) is 19.6 Å². The van der Waals surface area contributed by atoms with Gasteiger partial charge in [0, 0.05) is 0 Å². The van der Waals surface area contributed by atoms with Crippen molar-refractivity contribution in [3.8, 4) is 0 Å². The highest BCUT2D eigenvalue weighted by Gasteiger charge is 2.31. The van der Waals surface area contributed by atoms with Gasteiger partial charge in [-0.25, -0.2) is 0 Å². The number of aliphatic hydroxyl groups is 1. The third-order valence-electron chi connectivity index (χ3n) is 1.40. The van der Waals surface area contributed by atoms with Crippen molar-refractivity contribution in [2.75, 3.05) is 13.4 Å². The summed E-state index contributed by atoms with van der Waals surface area (Å²) in [6, 6.07) is 0. The van der Waals surface area contributed by atoms with E-state index in [1.807, 2.05) is 13.1 Å². The summed E-state index contributed by atoms with van der Waals surface area (Å²) >= 11 is 0. The highest BCUT2D eigenvalue weighted by molar-refractivity contribution is 6.81. The fourth-order valence-electron chi connectivity index (χ4n) is 1.17. The fraction of sp³-hybridized carbons (Fsp3) is 1.00. The van der Waals surface area contributed by atoms with Gasteiger partial charge in [0.1, 0.15) is 6.79 Å². The Morgan fingerprint density at radius 2 is 1.67 bits per heavy atom. The summed E-state index contributed by atoms with van der Waals surface area (Å²) in [5.41, 5.74) is 0.